The second-order valence-electron chi connectivity index (χ2n) is 3.97. The Hall–Kier alpha value is -2.01. The molecule has 2 rings (SSSR count). The first-order valence-electron chi connectivity index (χ1n) is 5.68. The molecular weight excluding hydrogens is 289 g/mol. The van der Waals surface area contributed by atoms with Crippen molar-refractivity contribution in [1.82, 2.24) is 0 Å². The van der Waals surface area contributed by atoms with Gasteiger partial charge in [-0.2, -0.15) is 18.3 Å². The highest BCUT2D eigenvalue weighted by Gasteiger charge is 2.32. The maximum atomic E-state index is 12.8. The monoisotopic (exact) mass is 298 g/mol. The van der Waals surface area contributed by atoms with Crippen LogP contribution >= 0.6 is 11.6 Å². The third-order valence-electron chi connectivity index (χ3n) is 2.49. The molecule has 0 aliphatic rings. The van der Waals surface area contributed by atoms with Gasteiger partial charge in [0.1, 0.15) is 0 Å². The molecule has 104 valence electrons. The summed E-state index contributed by atoms with van der Waals surface area (Å²) in [4.78, 5) is 0. The number of hydrazone groups is 1. The molecule has 0 heterocycles. The van der Waals surface area contributed by atoms with Crippen molar-refractivity contribution in [3.63, 3.8) is 0 Å². The van der Waals surface area contributed by atoms with Crippen LogP contribution in [-0.4, -0.2) is 6.21 Å². The smallest absolute Gasteiger partial charge is 0.278 e. The zero-order valence-electron chi connectivity index (χ0n) is 10.2. The summed E-state index contributed by atoms with van der Waals surface area (Å²) in [5.74, 6) is 0. The average Bonchev–Trinajstić information content (AvgIpc) is 2.38. The van der Waals surface area contributed by atoms with E-state index >= 15 is 0 Å². The number of hydrogen-bond donors (Lipinski definition) is 1. The number of halogens is 4. The molecule has 0 aliphatic heterocycles. The lowest BCUT2D eigenvalue weighted by molar-refractivity contribution is -0.137. The van der Waals surface area contributed by atoms with Gasteiger partial charge < -0.3 is 0 Å². The molecule has 0 spiro atoms. The third kappa shape index (κ3) is 3.74. The molecule has 0 fully saturated rings. The summed E-state index contributed by atoms with van der Waals surface area (Å²) < 4.78 is 38.3. The first-order chi connectivity index (χ1) is 9.47. The Balaban J connectivity index is 2.16. The first kappa shape index (κ1) is 14.4. The van der Waals surface area contributed by atoms with E-state index in [0.29, 0.717) is 10.7 Å². The average molecular weight is 299 g/mol. The van der Waals surface area contributed by atoms with E-state index in [9.17, 15) is 13.2 Å². The van der Waals surface area contributed by atoms with Crippen LogP contribution in [0.3, 0.4) is 0 Å². The molecule has 0 saturated carbocycles. The van der Waals surface area contributed by atoms with Gasteiger partial charge in [0.25, 0.3) is 0 Å². The molecule has 0 aromatic heterocycles. The van der Waals surface area contributed by atoms with Crippen LogP contribution in [0.2, 0.25) is 5.02 Å². The van der Waals surface area contributed by atoms with Crippen molar-refractivity contribution in [2.45, 2.75) is 6.18 Å². The van der Waals surface area contributed by atoms with E-state index in [0.717, 1.165) is 12.3 Å². The van der Waals surface area contributed by atoms with Gasteiger partial charge in [0.2, 0.25) is 0 Å². The van der Waals surface area contributed by atoms with Crippen LogP contribution in [0, 0.1) is 0 Å². The van der Waals surface area contributed by atoms with Crippen molar-refractivity contribution in [3.8, 4) is 0 Å². The van der Waals surface area contributed by atoms with Crippen molar-refractivity contribution < 1.29 is 13.2 Å². The van der Waals surface area contributed by atoms with Gasteiger partial charge >= 0.3 is 6.18 Å². The molecule has 0 atom stereocenters. The Morgan fingerprint density at radius 1 is 1.05 bits per heavy atom. The minimum atomic E-state index is -4.40. The summed E-state index contributed by atoms with van der Waals surface area (Å²) in [7, 11) is 0. The third-order valence-corrected chi connectivity index (χ3v) is 2.72. The Bertz CT molecular complexity index is 624. The van der Waals surface area contributed by atoms with Gasteiger partial charge in [0.05, 0.1) is 17.5 Å². The number of rotatable bonds is 3. The van der Waals surface area contributed by atoms with Gasteiger partial charge in [-0.3, -0.25) is 5.43 Å². The topological polar surface area (TPSA) is 24.4 Å². The number of nitrogens with zero attached hydrogens (tertiary/aromatic N) is 1. The van der Waals surface area contributed by atoms with Gasteiger partial charge in [-0.15, -0.1) is 0 Å². The van der Waals surface area contributed by atoms with Gasteiger partial charge in [0, 0.05) is 10.6 Å². The van der Waals surface area contributed by atoms with Crippen LogP contribution in [0.15, 0.2) is 53.6 Å². The number of nitrogens with one attached hydrogen (secondary N) is 1. The number of anilines is 1. The molecule has 20 heavy (non-hydrogen) atoms. The number of alkyl halides is 3. The second kappa shape index (κ2) is 5.96. The Labute approximate surface area is 118 Å². The maximum absolute atomic E-state index is 12.8. The number of hydrogen-bond acceptors (Lipinski definition) is 2. The van der Waals surface area contributed by atoms with Gasteiger partial charge in [-0.1, -0.05) is 35.9 Å². The lowest BCUT2D eigenvalue weighted by Crippen LogP contribution is -2.08. The van der Waals surface area contributed by atoms with E-state index in [-0.39, 0.29) is 5.56 Å². The van der Waals surface area contributed by atoms with Gasteiger partial charge in [-0.05, 0) is 24.3 Å². The lowest BCUT2D eigenvalue weighted by atomic mass is 10.1. The van der Waals surface area contributed by atoms with Crippen molar-refractivity contribution in [3.05, 3.63) is 64.7 Å². The SMILES string of the molecule is FC(F)(F)c1ccccc1C=NNc1cccc(Cl)c1. The molecule has 0 saturated heterocycles. The molecule has 0 bridgehead atoms. The molecule has 6 heteroatoms. The predicted octanol–water partition coefficient (Wildman–Crippen LogP) is 4.80. The molecular formula is C14H10ClF3N2. The van der Waals surface area contributed by atoms with Crippen molar-refractivity contribution in [2.24, 2.45) is 5.10 Å². The minimum Gasteiger partial charge on any atom is -0.278 e. The standard InChI is InChI=1S/C14H10ClF3N2/c15-11-5-3-6-12(8-11)20-19-9-10-4-1-2-7-13(10)14(16,17)18/h1-9,20H. The molecule has 1 N–H and O–H groups in total. The highest BCUT2D eigenvalue weighted by Crippen LogP contribution is 2.31. The van der Waals surface area contributed by atoms with E-state index in [2.05, 4.69) is 10.5 Å². The zero-order chi connectivity index (χ0) is 14.6. The van der Waals surface area contributed by atoms with Crippen LogP contribution in [0.25, 0.3) is 0 Å². The molecule has 0 unspecified atom stereocenters. The molecule has 0 amide bonds. The fraction of sp³-hybridized carbons (Fsp3) is 0.0714. The van der Waals surface area contributed by atoms with Gasteiger partial charge in [-0.25, -0.2) is 0 Å². The highest BCUT2D eigenvalue weighted by atomic mass is 35.5. The summed E-state index contributed by atoms with van der Waals surface area (Å²) in [6, 6.07) is 12.0. The number of benzene rings is 2. The summed E-state index contributed by atoms with van der Waals surface area (Å²) in [6.45, 7) is 0. The molecule has 2 aromatic carbocycles. The Kier molecular flexibility index (Phi) is 4.29. The minimum absolute atomic E-state index is 0.00507. The molecule has 0 aliphatic carbocycles. The van der Waals surface area contributed by atoms with E-state index in [1.54, 1.807) is 24.3 Å². The Morgan fingerprint density at radius 2 is 1.80 bits per heavy atom. The fourth-order valence-electron chi connectivity index (χ4n) is 1.60. The van der Waals surface area contributed by atoms with E-state index in [1.165, 1.54) is 18.2 Å². The second-order valence-corrected chi connectivity index (χ2v) is 4.40. The van der Waals surface area contributed by atoms with Crippen molar-refractivity contribution in [2.75, 3.05) is 5.43 Å². The van der Waals surface area contributed by atoms with Crippen molar-refractivity contribution >= 4 is 23.5 Å². The highest BCUT2D eigenvalue weighted by molar-refractivity contribution is 6.30. The molecule has 0 radical (unpaired) electrons. The summed E-state index contributed by atoms with van der Waals surface area (Å²) >= 11 is 5.79. The lowest BCUT2D eigenvalue weighted by Gasteiger charge is -2.09. The van der Waals surface area contributed by atoms with Crippen LogP contribution in [0.5, 0.6) is 0 Å². The summed E-state index contributed by atoms with van der Waals surface area (Å²) in [6.07, 6.45) is -3.28. The molecule has 2 nitrogen and oxygen atoms in total. The van der Waals surface area contributed by atoms with Crippen LogP contribution in [0.1, 0.15) is 11.1 Å². The van der Waals surface area contributed by atoms with Gasteiger partial charge in [0.15, 0.2) is 0 Å². The van der Waals surface area contributed by atoms with E-state index in [4.69, 9.17) is 11.6 Å². The van der Waals surface area contributed by atoms with E-state index < -0.39 is 11.7 Å². The van der Waals surface area contributed by atoms with Crippen molar-refractivity contribution in [1.29, 1.82) is 0 Å². The van der Waals surface area contributed by atoms with Crippen LogP contribution in [0.4, 0.5) is 18.9 Å². The fourth-order valence-corrected chi connectivity index (χ4v) is 1.79. The largest absolute Gasteiger partial charge is 0.417 e. The quantitative estimate of drug-likeness (QED) is 0.638. The molecule has 2 aromatic rings. The normalized spacial score (nSPS) is 11.8. The summed E-state index contributed by atoms with van der Waals surface area (Å²) in [5.41, 5.74) is 2.50. The van der Waals surface area contributed by atoms with Crippen LogP contribution in [-0.2, 0) is 6.18 Å². The van der Waals surface area contributed by atoms with Crippen LogP contribution < -0.4 is 5.43 Å². The van der Waals surface area contributed by atoms with E-state index in [1.807, 2.05) is 0 Å². The maximum Gasteiger partial charge on any atom is 0.417 e. The first-order valence-corrected chi connectivity index (χ1v) is 6.05. The zero-order valence-corrected chi connectivity index (χ0v) is 10.9. The summed E-state index contributed by atoms with van der Waals surface area (Å²) in [5, 5.41) is 4.31. The predicted molar refractivity (Wildman–Crippen MR) is 74.1 cm³/mol. The Morgan fingerprint density at radius 3 is 2.50 bits per heavy atom.